The Labute approximate surface area is 83.9 Å². The molecule has 0 spiro atoms. The van der Waals surface area contributed by atoms with Gasteiger partial charge >= 0.3 is 0 Å². The molecule has 0 bridgehead atoms. The van der Waals surface area contributed by atoms with Crippen LogP contribution in [0.2, 0.25) is 25.7 Å². The number of hydrogen-bond donors (Lipinski definition) is 0. The summed E-state index contributed by atoms with van der Waals surface area (Å²) >= 11 is 0. The summed E-state index contributed by atoms with van der Waals surface area (Å²) in [5.74, 6) is 1.65. The fraction of sp³-hybridized carbons (Fsp3) is 0.909. The first-order valence-corrected chi connectivity index (χ1v) is 9.20. The van der Waals surface area contributed by atoms with E-state index in [-0.39, 0.29) is 0 Å². The molecular weight excluding hydrogens is 176 g/mol. The van der Waals surface area contributed by atoms with Gasteiger partial charge in [0.1, 0.15) is 0 Å². The van der Waals surface area contributed by atoms with E-state index >= 15 is 0 Å². The second kappa shape index (κ2) is 5.16. The molecule has 0 heterocycles. The largest absolute Gasteiger partial charge is 0.381 e. The van der Waals surface area contributed by atoms with Crippen LogP contribution < -0.4 is 0 Å². The topological polar surface area (TPSA) is 9.23 Å². The van der Waals surface area contributed by atoms with Gasteiger partial charge in [-0.2, -0.15) is 0 Å². The van der Waals surface area contributed by atoms with Crippen molar-refractivity contribution < 1.29 is 4.74 Å². The molecule has 0 aliphatic heterocycles. The van der Waals surface area contributed by atoms with Gasteiger partial charge in [-0.25, -0.2) is 0 Å². The minimum absolute atomic E-state index is 0.868. The van der Waals surface area contributed by atoms with Crippen molar-refractivity contribution in [2.45, 2.75) is 51.4 Å². The molecule has 1 fully saturated rings. The molecule has 0 aromatic carbocycles. The van der Waals surface area contributed by atoms with E-state index < -0.39 is 8.07 Å². The Hall–Kier alpha value is 0.177. The van der Waals surface area contributed by atoms with Crippen LogP contribution in [0.25, 0.3) is 0 Å². The van der Waals surface area contributed by atoms with Gasteiger partial charge in [-0.1, -0.05) is 32.5 Å². The number of ether oxygens (including phenoxy) is 1. The van der Waals surface area contributed by atoms with Crippen molar-refractivity contribution in [2.24, 2.45) is 0 Å². The molecule has 77 valence electrons. The zero-order chi connectivity index (χ0) is 9.73. The monoisotopic (exact) mass is 199 g/mol. The van der Waals surface area contributed by atoms with E-state index in [9.17, 15) is 0 Å². The van der Waals surface area contributed by atoms with Crippen LogP contribution in [0.15, 0.2) is 0 Å². The molecule has 0 atom stereocenters. The minimum Gasteiger partial charge on any atom is -0.381 e. The van der Waals surface area contributed by atoms with Gasteiger partial charge < -0.3 is 4.74 Å². The van der Waals surface area contributed by atoms with Gasteiger partial charge in [0.15, 0.2) is 0 Å². The Morgan fingerprint density at radius 1 is 1.15 bits per heavy atom. The molecule has 0 saturated heterocycles. The maximum atomic E-state index is 5.69. The standard InChI is InChI=1S/C11H23OSi/c1-13(2,3)9-8-12-10-11-6-4-5-7-11/h4-10H2,1-3H3. The zero-order valence-electron chi connectivity index (χ0n) is 9.36. The predicted molar refractivity (Wildman–Crippen MR) is 60.7 cm³/mol. The van der Waals surface area contributed by atoms with Gasteiger partial charge in [-0.05, 0) is 18.9 Å². The second-order valence-corrected chi connectivity index (χ2v) is 10.9. The van der Waals surface area contributed by atoms with Crippen LogP contribution in [0.5, 0.6) is 0 Å². The predicted octanol–water partition coefficient (Wildman–Crippen LogP) is 3.49. The number of rotatable bonds is 5. The van der Waals surface area contributed by atoms with Gasteiger partial charge in [0.25, 0.3) is 0 Å². The van der Waals surface area contributed by atoms with E-state index in [2.05, 4.69) is 19.6 Å². The molecule has 1 saturated carbocycles. The lowest BCUT2D eigenvalue weighted by molar-refractivity contribution is 0.154. The van der Waals surface area contributed by atoms with Gasteiger partial charge in [0, 0.05) is 20.6 Å². The fourth-order valence-electron chi connectivity index (χ4n) is 1.61. The summed E-state index contributed by atoms with van der Waals surface area (Å²) < 4.78 is 5.69. The molecule has 13 heavy (non-hydrogen) atoms. The van der Waals surface area contributed by atoms with Crippen LogP contribution >= 0.6 is 0 Å². The van der Waals surface area contributed by atoms with Crippen molar-refractivity contribution >= 4 is 8.07 Å². The highest BCUT2D eigenvalue weighted by Gasteiger charge is 2.16. The van der Waals surface area contributed by atoms with Gasteiger partial charge in [-0.15, -0.1) is 0 Å². The third-order valence-corrected chi connectivity index (χ3v) is 4.32. The summed E-state index contributed by atoms with van der Waals surface area (Å²) in [4.78, 5) is 0. The molecule has 1 radical (unpaired) electrons. The fourth-order valence-corrected chi connectivity index (χ4v) is 2.37. The lowest BCUT2D eigenvalue weighted by atomic mass is 10.1. The van der Waals surface area contributed by atoms with E-state index in [1.54, 1.807) is 5.92 Å². The molecule has 1 nitrogen and oxygen atoms in total. The molecule has 1 rings (SSSR count). The average Bonchev–Trinajstić information content (AvgIpc) is 2.48. The molecule has 0 amide bonds. The molecule has 0 unspecified atom stereocenters. The molecule has 0 aromatic rings. The highest BCUT2D eigenvalue weighted by atomic mass is 28.3. The summed E-state index contributed by atoms with van der Waals surface area (Å²) in [6, 6.07) is 1.31. The minimum atomic E-state index is -0.868. The van der Waals surface area contributed by atoms with Gasteiger partial charge in [0.2, 0.25) is 0 Å². The molecule has 1 aliphatic carbocycles. The quantitative estimate of drug-likeness (QED) is 0.486. The van der Waals surface area contributed by atoms with Crippen molar-refractivity contribution in [1.29, 1.82) is 0 Å². The summed E-state index contributed by atoms with van der Waals surface area (Å²) in [6.45, 7) is 9.14. The Kier molecular flexibility index (Phi) is 4.46. The first-order valence-electron chi connectivity index (χ1n) is 5.49. The zero-order valence-corrected chi connectivity index (χ0v) is 10.4. The second-order valence-electron chi connectivity index (χ2n) is 5.32. The normalized spacial score (nSPS) is 19.6. The maximum Gasteiger partial charge on any atom is 0.0528 e. The summed E-state index contributed by atoms with van der Waals surface area (Å²) in [6.07, 6.45) is 5.44. The van der Waals surface area contributed by atoms with Crippen molar-refractivity contribution in [3.8, 4) is 0 Å². The van der Waals surface area contributed by atoms with E-state index in [1.165, 1.54) is 31.7 Å². The summed E-state index contributed by atoms with van der Waals surface area (Å²) in [7, 11) is -0.868. The Balaban J connectivity index is 1.94. The van der Waals surface area contributed by atoms with Crippen LogP contribution in [0.4, 0.5) is 0 Å². The number of hydrogen-bond acceptors (Lipinski definition) is 1. The summed E-state index contributed by atoms with van der Waals surface area (Å²) in [5.41, 5.74) is 0. The Morgan fingerprint density at radius 3 is 2.31 bits per heavy atom. The van der Waals surface area contributed by atoms with Crippen LogP contribution in [-0.4, -0.2) is 21.3 Å². The first-order chi connectivity index (χ1) is 6.08. The van der Waals surface area contributed by atoms with Gasteiger partial charge in [-0.3, -0.25) is 0 Å². The summed E-state index contributed by atoms with van der Waals surface area (Å²) in [5, 5.41) is 0. The molecule has 1 aliphatic rings. The Morgan fingerprint density at radius 2 is 1.77 bits per heavy atom. The van der Waals surface area contributed by atoms with Crippen LogP contribution in [0, 0.1) is 5.92 Å². The van der Waals surface area contributed by atoms with E-state index in [1.807, 2.05) is 0 Å². The highest BCUT2D eigenvalue weighted by Crippen LogP contribution is 2.26. The van der Waals surface area contributed by atoms with Crippen molar-refractivity contribution in [3.63, 3.8) is 0 Å². The Bertz CT molecular complexity index is 134. The molecule has 0 aromatic heterocycles. The van der Waals surface area contributed by atoms with Crippen LogP contribution in [-0.2, 0) is 4.74 Å². The van der Waals surface area contributed by atoms with Crippen LogP contribution in [0.1, 0.15) is 25.7 Å². The first kappa shape index (κ1) is 11.3. The van der Waals surface area contributed by atoms with Gasteiger partial charge in [0.05, 0.1) is 6.61 Å². The third-order valence-electron chi connectivity index (χ3n) is 2.61. The van der Waals surface area contributed by atoms with Crippen molar-refractivity contribution in [1.82, 2.24) is 0 Å². The lowest BCUT2D eigenvalue weighted by Crippen LogP contribution is -2.22. The van der Waals surface area contributed by atoms with Crippen LogP contribution in [0.3, 0.4) is 0 Å². The molecule has 2 heteroatoms. The van der Waals surface area contributed by atoms with Crippen molar-refractivity contribution in [3.05, 3.63) is 5.92 Å². The SMILES string of the molecule is C[Si](C)(C)CCOC[C]1CCCC1. The lowest BCUT2D eigenvalue weighted by Gasteiger charge is -2.16. The van der Waals surface area contributed by atoms with Crippen molar-refractivity contribution in [2.75, 3.05) is 13.2 Å². The van der Waals surface area contributed by atoms with E-state index in [0.29, 0.717) is 0 Å². The molecule has 0 N–H and O–H groups in total. The third kappa shape index (κ3) is 5.48. The van der Waals surface area contributed by atoms with E-state index in [0.717, 1.165) is 13.2 Å². The molecular formula is C11H23OSi. The average molecular weight is 199 g/mol. The van der Waals surface area contributed by atoms with E-state index in [4.69, 9.17) is 4.74 Å². The highest BCUT2D eigenvalue weighted by molar-refractivity contribution is 6.76. The maximum absolute atomic E-state index is 5.69. The smallest absolute Gasteiger partial charge is 0.0528 e.